The standard InChI is InChI=1S/C24H35NO2/c1-4-17-11-18(27-3)12-21-19(17)13-22-20-7-8-23(2,26)15-24(20,21)9-10-25(22)14-16-5-6-16/h11-12,16,20,22,26H,4-10,13-15H2,1-3H3/t20-,22+,23-,24-/m0/s1. The average molecular weight is 370 g/mol. The fourth-order valence-electron chi connectivity index (χ4n) is 6.83. The van der Waals surface area contributed by atoms with Crippen molar-refractivity contribution in [2.75, 3.05) is 20.2 Å². The van der Waals surface area contributed by atoms with Crippen LogP contribution in [-0.4, -0.2) is 41.8 Å². The van der Waals surface area contributed by atoms with Gasteiger partial charge in [0, 0.05) is 18.0 Å². The molecule has 1 heterocycles. The minimum absolute atomic E-state index is 0.137. The first-order valence-corrected chi connectivity index (χ1v) is 11.1. The predicted molar refractivity (Wildman–Crippen MR) is 108 cm³/mol. The van der Waals surface area contributed by atoms with Crippen LogP contribution in [0.15, 0.2) is 12.1 Å². The van der Waals surface area contributed by atoms with Crippen LogP contribution in [0.3, 0.4) is 0 Å². The fraction of sp³-hybridized carbons (Fsp3) is 0.750. The second-order valence-corrected chi connectivity index (χ2v) is 10.1. The van der Waals surface area contributed by atoms with E-state index in [2.05, 4.69) is 30.9 Å². The van der Waals surface area contributed by atoms with Gasteiger partial charge in [-0.25, -0.2) is 0 Å². The number of ether oxygens (including phenoxy) is 1. The molecule has 4 atom stereocenters. The molecule has 1 aliphatic heterocycles. The number of rotatable bonds is 4. The molecular weight excluding hydrogens is 334 g/mol. The van der Waals surface area contributed by atoms with E-state index in [0.717, 1.165) is 37.4 Å². The maximum Gasteiger partial charge on any atom is 0.119 e. The number of aliphatic hydroxyl groups is 1. The predicted octanol–water partition coefficient (Wildman–Crippen LogP) is 4.09. The number of aryl methyl sites for hydroxylation is 1. The summed E-state index contributed by atoms with van der Waals surface area (Å²) in [5.74, 6) is 2.64. The third kappa shape index (κ3) is 2.84. The van der Waals surface area contributed by atoms with Gasteiger partial charge in [-0.05, 0) is 105 Å². The summed E-state index contributed by atoms with van der Waals surface area (Å²) >= 11 is 0. The number of nitrogens with zero attached hydrogens (tertiary/aromatic N) is 1. The summed E-state index contributed by atoms with van der Waals surface area (Å²) in [6, 6.07) is 5.26. The van der Waals surface area contributed by atoms with Crippen LogP contribution in [0.25, 0.3) is 0 Å². The summed E-state index contributed by atoms with van der Waals surface area (Å²) in [5.41, 5.74) is 4.16. The molecule has 3 aliphatic carbocycles. The summed E-state index contributed by atoms with van der Waals surface area (Å²) in [6.45, 7) is 6.85. The molecule has 4 aliphatic rings. The van der Waals surface area contributed by atoms with Crippen molar-refractivity contribution in [3.8, 4) is 5.75 Å². The number of benzene rings is 1. The van der Waals surface area contributed by atoms with E-state index in [1.807, 2.05) is 0 Å². The van der Waals surface area contributed by atoms with Crippen LogP contribution >= 0.6 is 0 Å². The van der Waals surface area contributed by atoms with Gasteiger partial charge >= 0.3 is 0 Å². The lowest BCUT2D eigenvalue weighted by Crippen LogP contribution is -2.64. The van der Waals surface area contributed by atoms with E-state index < -0.39 is 5.60 Å². The fourth-order valence-corrected chi connectivity index (χ4v) is 6.83. The van der Waals surface area contributed by atoms with Gasteiger partial charge in [-0.3, -0.25) is 4.90 Å². The molecule has 0 radical (unpaired) electrons. The monoisotopic (exact) mass is 369 g/mol. The van der Waals surface area contributed by atoms with Gasteiger partial charge in [0.05, 0.1) is 12.7 Å². The molecule has 3 nitrogen and oxygen atoms in total. The van der Waals surface area contributed by atoms with E-state index in [1.165, 1.54) is 49.9 Å². The Labute approximate surface area is 164 Å². The van der Waals surface area contributed by atoms with Crippen molar-refractivity contribution in [2.24, 2.45) is 11.8 Å². The Morgan fingerprint density at radius 2 is 2.04 bits per heavy atom. The quantitative estimate of drug-likeness (QED) is 0.868. The summed E-state index contributed by atoms with van der Waals surface area (Å²) < 4.78 is 5.70. The van der Waals surface area contributed by atoms with Gasteiger partial charge < -0.3 is 9.84 Å². The number of likely N-dealkylation sites (tertiary alicyclic amines) is 1. The van der Waals surface area contributed by atoms with Gasteiger partial charge in [-0.15, -0.1) is 0 Å². The summed E-state index contributed by atoms with van der Waals surface area (Å²) in [6.07, 6.45) is 9.35. The molecule has 2 bridgehead atoms. The minimum Gasteiger partial charge on any atom is -0.497 e. The number of hydrogen-bond acceptors (Lipinski definition) is 3. The Morgan fingerprint density at radius 1 is 1.22 bits per heavy atom. The molecule has 0 spiro atoms. The molecule has 1 aromatic carbocycles. The molecule has 1 aromatic rings. The normalized spacial score (nSPS) is 38.2. The Morgan fingerprint density at radius 3 is 2.74 bits per heavy atom. The van der Waals surface area contributed by atoms with E-state index in [4.69, 9.17) is 4.74 Å². The van der Waals surface area contributed by atoms with E-state index in [9.17, 15) is 5.11 Å². The number of hydrogen-bond donors (Lipinski definition) is 1. The van der Waals surface area contributed by atoms with E-state index >= 15 is 0 Å². The van der Waals surface area contributed by atoms with Crippen molar-refractivity contribution in [1.82, 2.24) is 4.90 Å². The zero-order chi connectivity index (χ0) is 18.8. The lowest BCUT2D eigenvalue weighted by Gasteiger charge is -2.61. The van der Waals surface area contributed by atoms with Crippen molar-refractivity contribution in [2.45, 2.75) is 82.3 Å². The van der Waals surface area contributed by atoms with Gasteiger partial charge in [-0.2, -0.15) is 0 Å². The molecule has 148 valence electrons. The van der Waals surface area contributed by atoms with Gasteiger partial charge in [0.2, 0.25) is 0 Å². The zero-order valence-corrected chi connectivity index (χ0v) is 17.3. The lowest BCUT2D eigenvalue weighted by atomic mass is 9.49. The average Bonchev–Trinajstić information content (AvgIpc) is 3.46. The van der Waals surface area contributed by atoms with Gasteiger partial charge in [-0.1, -0.05) is 6.92 Å². The topological polar surface area (TPSA) is 32.7 Å². The highest BCUT2D eigenvalue weighted by atomic mass is 16.5. The highest BCUT2D eigenvalue weighted by Crippen LogP contribution is 2.59. The molecule has 1 N–H and O–H groups in total. The van der Waals surface area contributed by atoms with Crippen LogP contribution in [0.4, 0.5) is 0 Å². The first kappa shape index (κ1) is 18.0. The van der Waals surface area contributed by atoms with Crippen molar-refractivity contribution in [3.05, 3.63) is 28.8 Å². The Hall–Kier alpha value is -1.06. The summed E-state index contributed by atoms with van der Waals surface area (Å²) in [7, 11) is 1.79. The van der Waals surface area contributed by atoms with E-state index in [0.29, 0.717) is 12.0 Å². The molecule has 5 rings (SSSR count). The van der Waals surface area contributed by atoms with Gasteiger partial charge in [0.1, 0.15) is 5.75 Å². The van der Waals surface area contributed by atoms with Crippen LogP contribution < -0.4 is 4.74 Å². The van der Waals surface area contributed by atoms with Crippen LogP contribution in [0.2, 0.25) is 0 Å². The smallest absolute Gasteiger partial charge is 0.119 e. The zero-order valence-electron chi connectivity index (χ0n) is 17.3. The van der Waals surface area contributed by atoms with Gasteiger partial charge in [0.25, 0.3) is 0 Å². The number of methoxy groups -OCH3 is 1. The molecule has 27 heavy (non-hydrogen) atoms. The SMILES string of the molecule is CCc1cc(OC)cc2c1C[C@@H]1[C@@H]3CC[C@](C)(O)C[C@]23CCN1CC1CC1. The highest BCUT2D eigenvalue weighted by molar-refractivity contribution is 5.50. The van der Waals surface area contributed by atoms with Crippen molar-refractivity contribution >= 4 is 0 Å². The third-order valence-corrected chi connectivity index (χ3v) is 8.25. The summed E-state index contributed by atoms with van der Waals surface area (Å²) in [4.78, 5) is 2.84. The van der Waals surface area contributed by atoms with Crippen molar-refractivity contribution < 1.29 is 9.84 Å². The minimum atomic E-state index is -0.538. The molecule has 3 fully saturated rings. The Balaban J connectivity index is 1.64. The van der Waals surface area contributed by atoms with Crippen LogP contribution in [0.5, 0.6) is 5.75 Å². The van der Waals surface area contributed by atoms with E-state index in [-0.39, 0.29) is 5.41 Å². The van der Waals surface area contributed by atoms with Crippen molar-refractivity contribution in [3.63, 3.8) is 0 Å². The van der Waals surface area contributed by atoms with Gasteiger partial charge in [0.15, 0.2) is 0 Å². The highest BCUT2D eigenvalue weighted by Gasteiger charge is 2.58. The molecule has 3 heteroatoms. The van der Waals surface area contributed by atoms with E-state index in [1.54, 1.807) is 12.7 Å². The maximum atomic E-state index is 11.1. The molecule has 1 saturated heterocycles. The number of fused-ring (bicyclic) bond motifs is 1. The third-order valence-electron chi connectivity index (χ3n) is 8.25. The Bertz CT molecular complexity index is 738. The van der Waals surface area contributed by atoms with Crippen molar-refractivity contribution in [1.29, 1.82) is 0 Å². The Kier molecular flexibility index (Phi) is 4.15. The summed E-state index contributed by atoms with van der Waals surface area (Å²) in [5, 5.41) is 11.1. The first-order valence-electron chi connectivity index (χ1n) is 11.1. The van der Waals surface area contributed by atoms with Crippen LogP contribution in [-0.2, 0) is 18.3 Å². The largest absolute Gasteiger partial charge is 0.497 e. The number of piperidine rings is 1. The molecule has 2 saturated carbocycles. The van der Waals surface area contributed by atoms with Crippen LogP contribution in [0, 0.1) is 11.8 Å². The second-order valence-electron chi connectivity index (χ2n) is 10.1. The molecule has 0 aromatic heterocycles. The lowest BCUT2D eigenvalue weighted by molar-refractivity contribution is -0.0895. The molecular formula is C24H35NO2. The molecule has 0 unspecified atom stereocenters. The molecule has 0 amide bonds. The second kappa shape index (κ2) is 6.22. The first-order chi connectivity index (χ1) is 13.0. The maximum absolute atomic E-state index is 11.1. The van der Waals surface area contributed by atoms with Crippen LogP contribution in [0.1, 0.15) is 69.1 Å².